The van der Waals surface area contributed by atoms with Gasteiger partial charge in [0.05, 0.1) is 0 Å². The van der Waals surface area contributed by atoms with E-state index in [9.17, 15) is 9.18 Å². The van der Waals surface area contributed by atoms with Crippen molar-refractivity contribution in [2.75, 3.05) is 26.4 Å². The third-order valence-electron chi connectivity index (χ3n) is 2.43. The summed E-state index contributed by atoms with van der Waals surface area (Å²) in [6.07, 6.45) is 0.428. The van der Waals surface area contributed by atoms with Crippen molar-refractivity contribution in [2.45, 2.75) is 13.0 Å². The lowest BCUT2D eigenvalue weighted by Gasteiger charge is -2.16. The van der Waals surface area contributed by atoms with E-state index >= 15 is 0 Å². The summed E-state index contributed by atoms with van der Waals surface area (Å²) < 4.78 is 13.1. The van der Waals surface area contributed by atoms with Crippen LogP contribution in [0.25, 0.3) is 0 Å². The molecule has 0 spiro atoms. The molecular weight excluding hydrogens is 221 g/mol. The van der Waals surface area contributed by atoms with Gasteiger partial charge in [-0.3, -0.25) is 4.79 Å². The summed E-state index contributed by atoms with van der Waals surface area (Å²) >= 11 is 0. The number of rotatable bonds is 5. The minimum Gasteiger partial charge on any atom is -0.399 e. The van der Waals surface area contributed by atoms with Crippen LogP contribution in [0.1, 0.15) is 12.0 Å². The molecule has 0 bridgehead atoms. The first kappa shape index (κ1) is 13.4. The molecule has 0 fully saturated rings. The van der Waals surface area contributed by atoms with E-state index in [2.05, 4.69) is 5.32 Å². The highest BCUT2D eigenvalue weighted by atomic mass is 19.1. The number of nitrogens with one attached hydrogen (secondary N) is 1. The average molecular weight is 239 g/mol. The number of hydrogen-bond donors (Lipinski definition) is 2. The van der Waals surface area contributed by atoms with Crippen LogP contribution in [-0.4, -0.2) is 31.4 Å². The predicted octanol–water partition coefficient (Wildman–Crippen LogP) is 0.976. The molecule has 94 valence electrons. The van der Waals surface area contributed by atoms with Crippen LogP contribution in [0.2, 0.25) is 0 Å². The van der Waals surface area contributed by atoms with E-state index in [-0.39, 0.29) is 11.7 Å². The van der Waals surface area contributed by atoms with Crippen molar-refractivity contribution in [3.63, 3.8) is 0 Å². The van der Waals surface area contributed by atoms with Crippen LogP contribution >= 0.6 is 0 Å². The fourth-order valence-corrected chi connectivity index (χ4v) is 1.57. The maximum absolute atomic E-state index is 13.1. The van der Waals surface area contributed by atoms with Crippen LogP contribution < -0.4 is 11.1 Å². The van der Waals surface area contributed by atoms with Gasteiger partial charge in [0.15, 0.2) is 0 Å². The first-order chi connectivity index (χ1) is 8.01. The number of benzene rings is 1. The standard InChI is InChI=1S/C12H18FN3O/c1-15-12(17)3-4-16(2)8-9-5-10(13)7-11(14)6-9/h5-7H,3-4,8,14H2,1-2H3,(H,15,17). The smallest absolute Gasteiger partial charge is 0.221 e. The van der Waals surface area contributed by atoms with Crippen LogP contribution in [0.15, 0.2) is 18.2 Å². The van der Waals surface area contributed by atoms with Gasteiger partial charge in [0.1, 0.15) is 5.82 Å². The Morgan fingerprint density at radius 1 is 1.47 bits per heavy atom. The number of amides is 1. The van der Waals surface area contributed by atoms with Crippen molar-refractivity contribution in [1.29, 1.82) is 0 Å². The Kier molecular flexibility index (Phi) is 4.90. The number of halogens is 1. The lowest BCUT2D eigenvalue weighted by Crippen LogP contribution is -2.26. The first-order valence-electron chi connectivity index (χ1n) is 5.45. The van der Waals surface area contributed by atoms with Crippen molar-refractivity contribution in [3.8, 4) is 0 Å². The molecule has 0 aliphatic rings. The van der Waals surface area contributed by atoms with Gasteiger partial charge in [-0.05, 0) is 30.8 Å². The molecular formula is C12H18FN3O. The number of carbonyl (C=O) groups excluding carboxylic acids is 1. The monoisotopic (exact) mass is 239 g/mol. The topological polar surface area (TPSA) is 58.4 Å². The Labute approximate surface area is 101 Å². The normalized spacial score (nSPS) is 10.6. The number of nitrogens with two attached hydrogens (primary N) is 1. The highest BCUT2D eigenvalue weighted by Gasteiger charge is 2.05. The van der Waals surface area contributed by atoms with E-state index in [1.54, 1.807) is 13.1 Å². The highest BCUT2D eigenvalue weighted by molar-refractivity contribution is 5.75. The summed E-state index contributed by atoms with van der Waals surface area (Å²) in [5.74, 6) is -0.338. The summed E-state index contributed by atoms with van der Waals surface area (Å²) in [4.78, 5) is 13.0. The van der Waals surface area contributed by atoms with Crippen LogP contribution in [0.5, 0.6) is 0 Å². The van der Waals surface area contributed by atoms with Crippen LogP contribution in [0, 0.1) is 5.82 Å². The molecule has 0 saturated heterocycles. The van der Waals surface area contributed by atoms with Crippen molar-refractivity contribution in [1.82, 2.24) is 10.2 Å². The molecule has 3 N–H and O–H groups in total. The van der Waals surface area contributed by atoms with Crippen molar-refractivity contribution in [3.05, 3.63) is 29.6 Å². The lowest BCUT2D eigenvalue weighted by molar-refractivity contribution is -0.120. The van der Waals surface area contributed by atoms with E-state index in [1.165, 1.54) is 12.1 Å². The van der Waals surface area contributed by atoms with Crippen LogP contribution in [0.3, 0.4) is 0 Å². The highest BCUT2D eigenvalue weighted by Crippen LogP contribution is 2.12. The van der Waals surface area contributed by atoms with Gasteiger partial charge >= 0.3 is 0 Å². The second-order valence-corrected chi connectivity index (χ2v) is 4.05. The summed E-state index contributed by atoms with van der Waals surface area (Å²) in [5, 5.41) is 2.56. The molecule has 0 aliphatic carbocycles. The lowest BCUT2D eigenvalue weighted by atomic mass is 10.2. The summed E-state index contributed by atoms with van der Waals surface area (Å²) in [6, 6.07) is 4.47. The molecule has 1 rings (SSSR count). The van der Waals surface area contributed by atoms with Crippen LogP contribution in [-0.2, 0) is 11.3 Å². The molecule has 1 aromatic rings. The minimum absolute atomic E-state index is 0.00407. The van der Waals surface area contributed by atoms with Crippen molar-refractivity contribution in [2.24, 2.45) is 0 Å². The fraction of sp³-hybridized carbons (Fsp3) is 0.417. The van der Waals surface area contributed by atoms with Gasteiger partial charge in [0.25, 0.3) is 0 Å². The molecule has 0 unspecified atom stereocenters. The van der Waals surface area contributed by atoms with Crippen LogP contribution in [0.4, 0.5) is 10.1 Å². The third kappa shape index (κ3) is 4.82. The second kappa shape index (κ2) is 6.20. The minimum atomic E-state index is -0.334. The van der Waals surface area contributed by atoms with E-state index in [0.29, 0.717) is 25.2 Å². The van der Waals surface area contributed by atoms with E-state index in [4.69, 9.17) is 5.73 Å². The maximum atomic E-state index is 13.1. The van der Waals surface area contributed by atoms with Crippen molar-refractivity contribution < 1.29 is 9.18 Å². The number of nitrogens with zero attached hydrogens (tertiary/aromatic N) is 1. The fourth-order valence-electron chi connectivity index (χ4n) is 1.57. The van der Waals surface area contributed by atoms with Gasteiger partial charge < -0.3 is 16.0 Å². The number of nitrogen functional groups attached to an aromatic ring is 1. The Balaban J connectivity index is 2.50. The molecule has 5 heteroatoms. The summed E-state index contributed by atoms with van der Waals surface area (Å²) in [7, 11) is 3.49. The molecule has 17 heavy (non-hydrogen) atoms. The zero-order valence-corrected chi connectivity index (χ0v) is 10.2. The molecule has 0 atom stereocenters. The Morgan fingerprint density at radius 2 is 2.18 bits per heavy atom. The maximum Gasteiger partial charge on any atom is 0.221 e. The molecule has 4 nitrogen and oxygen atoms in total. The zero-order valence-electron chi connectivity index (χ0n) is 10.2. The molecule has 0 aromatic heterocycles. The second-order valence-electron chi connectivity index (χ2n) is 4.05. The zero-order chi connectivity index (χ0) is 12.8. The van der Waals surface area contributed by atoms with Gasteiger partial charge in [-0.2, -0.15) is 0 Å². The van der Waals surface area contributed by atoms with Gasteiger partial charge in [-0.25, -0.2) is 4.39 Å². The Hall–Kier alpha value is -1.62. The van der Waals surface area contributed by atoms with E-state index in [1.807, 2.05) is 11.9 Å². The van der Waals surface area contributed by atoms with E-state index in [0.717, 1.165) is 5.56 Å². The molecule has 1 aromatic carbocycles. The van der Waals surface area contributed by atoms with Gasteiger partial charge in [-0.15, -0.1) is 0 Å². The number of carbonyl (C=O) groups is 1. The molecule has 0 aliphatic heterocycles. The number of hydrogen-bond acceptors (Lipinski definition) is 3. The quantitative estimate of drug-likeness (QED) is 0.753. The molecule has 1 amide bonds. The SMILES string of the molecule is CNC(=O)CCN(C)Cc1cc(N)cc(F)c1. The first-order valence-corrected chi connectivity index (χ1v) is 5.45. The van der Waals surface area contributed by atoms with Gasteiger partial charge in [-0.1, -0.05) is 0 Å². The Bertz CT molecular complexity index is 375. The average Bonchev–Trinajstić information content (AvgIpc) is 2.24. The summed E-state index contributed by atoms with van der Waals surface area (Å²) in [6.45, 7) is 1.19. The molecule has 0 saturated carbocycles. The largest absolute Gasteiger partial charge is 0.399 e. The number of anilines is 1. The Morgan fingerprint density at radius 3 is 2.76 bits per heavy atom. The van der Waals surface area contributed by atoms with Crippen molar-refractivity contribution >= 4 is 11.6 Å². The molecule has 0 radical (unpaired) electrons. The predicted molar refractivity (Wildman–Crippen MR) is 65.8 cm³/mol. The van der Waals surface area contributed by atoms with Gasteiger partial charge in [0.2, 0.25) is 5.91 Å². The van der Waals surface area contributed by atoms with E-state index < -0.39 is 0 Å². The third-order valence-corrected chi connectivity index (χ3v) is 2.43. The summed E-state index contributed by atoms with van der Waals surface area (Å²) in [5.41, 5.74) is 6.78. The molecule has 0 heterocycles. The van der Waals surface area contributed by atoms with Gasteiger partial charge in [0, 0.05) is 32.2 Å².